The summed E-state index contributed by atoms with van der Waals surface area (Å²) in [5, 5.41) is 11.4. The molecule has 0 amide bonds. The van der Waals surface area contributed by atoms with Crippen molar-refractivity contribution in [1.29, 1.82) is 0 Å². The van der Waals surface area contributed by atoms with Crippen LogP contribution in [0.2, 0.25) is 20.1 Å². The number of oxazole rings is 1. The second kappa shape index (κ2) is 6.13. The fourth-order valence-corrected chi connectivity index (χ4v) is 3.05. The van der Waals surface area contributed by atoms with Crippen molar-refractivity contribution in [3.8, 4) is 22.9 Å². The molecule has 1 N–H and O–H groups in total. The minimum Gasteiger partial charge on any atom is -0.491 e. The molecule has 118 valence electrons. The molecule has 0 unspecified atom stereocenters. The highest BCUT2D eigenvalue weighted by Gasteiger charge is 2.24. The number of aromatic hydroxyl groups is 1. The summed E-state index contributed by atoms with van der Waals surface area (Å²) in [5.41, 5.74) is 0.391. The molecule has 8 heteroatoms. The van der Waals surface area contributed by atoms with Gasteiger partial charge < -0.3 is 9.52 Å². The number of benzene rings is 2. The quantitative estimate of drug-likeness (QED) is 0.635. The Morgan fingerprint density at radius 3 is 2.26 bits per heavy atom. The lowest BCUT2D eigenvalue weighted by Gasteiger charge is -2.06. The van der Waals surface area contributed by atoms with E-state index >= 15 is 0 Å². The molecule has 3 rings (SSSR count). The Hall–Kier alpha value is -1.59. The molecule has 0 radical (unpaired) electrons. The second-order valence-electron chi connectivity index (χ2n) is 4.55. The largest absolute Gasteiger partial charge is 0.491 e. The van der Waals surface area contributed by atoms with Gasteiger partial charge in [-0.25, -0.2) is 9.36 Å². The lowest BCUT2D eigenvalue weighted by molar-refractivity contribution is 0.442. The minimum atomic E-state index is -0.849. The first kappa shape index (κ1) is 16.3. The minimum absolute atomic E-state index is 0.151. The smallest absolute Gasteiger partial charge is 0.427 e. The number of hydrogen-bond donors (Lipinski definition) is 1. The van der Waals surface area contributed by atoms with Gasteiger partial charge in [-0.15, -0.1) is 0 Å². The van der Waals surface area contributed by atoms with Gasteiger partial charge in [0.1, 0.15) is 0 Å². The van der Waals surface area contributed by atoms with Crippen molar-refractivity contribution in [3.05, 3.63) is 67.0 Å². The van der Waals surface area contributed by atoms with Gasteiger partial charge in [-0.2, -0.15) is 0 Å². The maximum Gasteiger partial charge on any atom is 0.427 e. The van der Waals surface area contributed by atoms with Crippen LogP contribution >= 0.6 is 46.4 Å². The Balaban J connectivity index is 2.30. The summed E-state index contributed by atoms with van der Waals surface area (Å²) in [4.78, 5) is 12.2. The van der Waals surface area contributed by atoms with Crippen LogP contribution in [0.15, 0.2) is 45.6 Å². The third-order valence-corrected chi connectivity index (χ3v) is 4.31. The molecular weight excluding hydrogens is 384 g/mol. The topological polar surface area (TPSA) is 55.4 Å². The number of rotatable bonds is 2. The Bertz CT molecular complexity index is 942. The molecule has 23 heavy (non-hydrogen) atoms. The van der Waals surface area contributed by atoms with E-state index < -0.39 is 11.6 Å². The summed E-state index contributed by atoms with van der Waals surface area (Å²) in [6, 6.07) is 9.24. The Labute approximate surface area is 150 Å². The van der Waals surface area contributed by atoms with Crippen molar-refractivity contribution in [2.24, 2.45) is 0 Å². The monoisotopic (exact) mass is 389 g/mol. The van der Waals surface area contributed by atoms with Crippen molar-refractivity contribution in [3.63, 3.8) is 0 Å². The zero-order chi connectivity index (χ0) is 16.7. The average Bonchev–Trinajstić information content (AvgIpc) is 2.77. The van der Waals surface area contributed by atoms with Crippen molar-refractivity contribution < 1.29 is 9.52 Å². The van der Waals surface area contributed by atoms with Crippen LogP contribution in [0, 0.1) is 0 Å². The van der Waals surface area contributed by atoms with E-state index in [-0.39, 0.29) is 32.1 Å². The van der Waals surface area contributed by atoms with Crippen LogP contribution in [0.4, 0.5) is 0 Å². The molecule has 3 aromatic rings. The third-order valence-electron chi connectivity index (χ3n) is 3.13. The summed E-state index contributed by atoms with van der Waals surface area (Å²) in [6.45, 7) is 0. The molecular formula is C15H7Cl4NO3. The van der Waals surface area contributed by atoms with Crippen LogP contribution in [0.1, 0.15) is 0 Å². The first-order chi connectivity index (χ1) is 10.9. The molecule has 0 aliphatic rings. The summed E-state index contributed by atoms with van der Waals surface area (Å²) < 4.78 is 6.02. The van der Waals surface area contributed by atoms with E-state index in [4.69, 9.17) is 50.8 Å². The van der Waals surface area contributed by atoms with E-state index in [1.54, 1.807) is 24.3 Å². The summed E-state index contributed by atoms with van der Waals surface area (Å²) >= 11 is 24.2. The van der Waals surface area contributed by atoms with Gasteiger partial charge in [-0.3, -0.25) is 0 Å². The van der Waals surface area contributed by atoms with Crippen LogP contribution in [0.25, 0.3) is 17.0 Å². The summed E-state index contributed by atoms with van der Waals surface area (Å²) in [7, 11) is 0. The molecule has 0 bridgehead atoms. The first-order valence-corrected chi connectivity index (χ1v) is 7.76. The molecule has 0 aliphatic heterocycles. The van der Waals surface area contributed by atoms with Gasteiger partial charge in [0.15, 0.2) is 0 Å². The highest BCUT2D eigenvalue weighted by molar-refractivity contribution is 6.39. The Kier molecular flexibility index (Phi) is 4.34. The van der Waals surface area contributed by atoms with Crippen molar-refractivity contribution >= 4 is 46.4 Å². The summed E-state index contributed by atoms with van der Waals surface area (Å²) in [6.07, 6.45) is 0. The number of halogens is 4. The Morgan fingerprint density at radius 2 is 1.61 bits per heavy atom. The zero-order valence-corrected chi connectivity index (χ0v) is 14.2. The molecule has 4 nitrogen and oxygen atoms in total. The number of hydrogen-bond acceptors (Lipinski definition) is 3. The van der Waals surface area contributed by atoms with E-state index in [2.05, 4.69) is 0 Å². The lowest BCUT2D eigenvalue weighted by atomic mass is 10.2. The molecule has 0 saturated carbocycles. The lowest BCUT2D eigenvalue weighted by Crippen LogP contribution is -2.11. The highest BCUT2D eigenvalue weighted by Crippen LogP contribution is 2.40. The zero-order valence-electron chi connectivity index (χ0n) is 11.2. The van der Waals surface area contributed by atoms with Crippen LogP contribution in [0.3, 0.4) is 0 Å². The van der Waals surface area contributed by atoms with Crippen molar-refractivity contribution in [1.82, 2.24) is 4.57 Å². The van der Waals surface area contributed by atoms with Gasteiger partial charge in [0.05, 0.1) is 26.3 Å². The van der Waals surface area contributed by atoms with Crippen LogP contribution in [-0.4, -0.2) is 9.67 Å². The molecule has 0 atom stereocenters. The molecule has 0 saturated heterocycles. The fourth-order valence-electron chi connectivity index (χ4n) is 2.11. The van der Waals surface area contributed by atoms with Gasteiger partial charge in [0.25, 0.3) is 0 Å². The first-order valence-electron chi connectivity index (χ1n) is 6.24. The molecule has 1 aromatic heterocycles. The van der Waals surface area contributed by atoms with Gasteiger partial charge in [-0.05, 0) is 30.3 Å². The van der Waals surface area contributed by atoms with Gasteiger partial charge in [0, 0.05) is 5.02 Å². The third kappa shape index (κ3) is 2.83. The normalized spacial score (nSPS) is 11.0. The van der Waals surface area contributed by atoms with Crippen LogP contribution in [-0.2, 0) is 0 Å². The number of aromatic nitrogens is 1. The maximum absolute atomic E-state index is 12.2. The van der Waals surface area contributed by atoms with Gasteiger partial charge >= 0.3 is 5.76 Å². The predicted molar refractivity (Wildman–Crippen MR) is 91.4 cm³/mol. The van der Waals surface area contributed by atoms with E-state index in [0.717, 1.165) is 4.57 Å². The van der Waals surface area contributed by atoms with E-state index in [0.29, 0.717) is 5.02 Å². The second-order valence-corrected chi connectivity index (χ2v) is 6.21. The highest BCUT2D eigenvalue weighted by atomic mass is 35.5. The van der Waals surface area contributed by atoms with Crippen molar-refractivity contribution in [2.45, 2.75) is 0 Å². The SMILES string of the molecule is O=c1oc(-c2c(Cl)cccc2Cl)c(O)n1-c1cc(Cl)ccc1Cl. The average molecular weight is 391 g/mol. The maximum atomic E-state index is 12.2. The van der Waals surface area contributed by atoms with Crippen molar-refractivity contribution in [2.75, 3.05) is 0 Å². The molecule has 2 aromatic carbocycles. The van der Waals surface area contributed by atoms with Gasteiger partial charge in [0.2, 0.25) is 11.6 Å². The molecule has 0 aliphatic carbocycles. The number of nitrogens with zero attached hydrogens (tertiary/aromatic N) is 1. The fraction of sp³-hybridized carbons (Fsp3) is 0. The van der Waals surface area contributed by atoms with Gasteiger partial charge in [-0.1, -0.05) is 52.5 Å². The Morgan fingerprint density at radius 1 is 0.957 bits per heavy atom. The van der Waals surface area contributed by atoms with E-state index in [1.807, 2.05) is 0 Å². The van der Waals surface area contributed by atoms with Crippen LogP contribution < -0.4 is 5.76 Å². The molecule has 1 heterocycles. The predicted octanol–water partition coefficient (Wildman–Crippen LogP) is 5.42. The van der Waals surface area contributed by atoms with E-state index in [9.17, 15) is 9.90 Å². The molecule has 0 spiro atoms. The summed E-state index contributed by atoms with van der Waals surface area (Å²) in [5.74, 6) is -1.48. The standard InChI is InChI=1S/C15H7Cl4NO3/c16-7-4-5-8(17)11(6-7)20-14(21)13(23-15(20)22)12-9(18)2-1-3-10(12)19/h1-6,21H. The van der Waals surface area contributed by atoms with Crippen LogP contribution in [0.5, 0.6) is 5.88 Å². The van der Waals surface area contributed by atoms with E-state index in [1.165, 1.54) is 12.1 Å². The molecule has 0 fully saturated rings.